The van der Waals surface area contributed by atoms with Crippen LogP contribution in [0.1, 0.15) is 51.1 Å². The van der Waals surface area contributed by atoms with Crippen molar-refractivity contribution in [2.45, 2.75) is 45.6 Å². The molecule has 0 heterocycles. The lowest BCUT2D eigenvalue weighted by Gasteiger charge is -2.17. The predicted octanol–water partition coefficient (Wildman–Crippen LogP) is 5.21. The zero-order valence-electron chi connectivity index (χ0n) is 18.5. The molecule has 6 heteroatoms. The lowest BCUT2D eigenvalue weighted by atomic mass is 10.0. The van der Waals surface area contributed by atoms with E-state index in [1.807, 2.05) is 39.8 Å². The second kappa shape index (κ2) is 8.94. The Morgan fingerprint density at radius 1 is 0.806 bits per heavy atom. The van der Waals surface area contributed by atoms with Gasteiger partial charge in [0.1, 0.15) is 0 Å². The first-order valence-corrected chi connectivity index (χ1v) is 11.6. The third-order valence-electron chi connectivity index (χ3n) is 5.45. The van der Waals surface area contributed by atoms with Crippen molar-refractivity contribution < 1.29 is 13.2 Å². The predicted molar refractivity (Wildman–Crippen MR) is 125 cm³/mol. The Morgan fingerprint density at radius 3 is 2.10 bits per heavy atom. The molecule has 0 aliphatic carbocycles. The largest absolute Gasteiger partial charge is 0.346 e. The molecule has 0 fully saturated rings. The van der Waals surface area contributed by atoms with E-state index in [1.54, 1.807) is 49.4 Å². The van der Waals surface area contributed by atoms with Gasteiger partial charge >= 0.3 is 0 Å². The molecule has 2 N–H and O–H groups in total. The lowest BCUT2D eigenvalue weighted by Crippen LogP contribution is -2.27. The van der Waals surface area contributed by atoms with Crippen molar-refractivity contribution in [1.29, 1.82) is 0 Å². The Bertz CT molecular complexity index is 1220. The summed E-state index contributed by atoms with van der Waals surface area (Å²) in [5.74, 6) is -0.262. The summed E-state index contributed by atoms with van der Waals surface area (Å²) in [6.45, 7) is 9.71. The molecule has 1 amide bonds. The van der Waals surface area contributed by atoms with Gasteiger partial charge in [-0.25, -0.2) is 8.42 Å². The number of benzene rings is 3. The van der Waals surface area contributed by atoms with Crippen LogP contribution < -0.4 is 10.0 Å². The Labute approximate surface area is 184 Å². The van der Waals surface area contributed by atoms with Crippen molar-refractivity contribution in [3.63, 3.8) is 0 Å². The van der Waals surface area contributed by atoms with Gasteiger partial charge in [0, 0.05) is 5.56 Å². The summed E-state index contributed by atoms with van der Waals surface area (Å²) in [6.07, 6.45) is 0. The molecule has 0 aliphatic heterocycles. The van der Waals surface area contributed by atoms with Crippen molar-refractivity contribution in [1.82, 2.24) is 5.32 Å². The third-order valence-corrected chi connectivity index (χ3v) is 6.84. The highest BCUT2D eigenvalue weighted by molar-refractivity contribution is 7.92. The number of amides is 1. The number of sulfonamides is 1. The molecule has 162 valence electrons. The van der Waals surface area contributed by atoms with E-state index in [0.717, 1.165) is 16.7 Å². The lowest BCUT2D eigenvalue weighted by molar-refractivity contribution is 0.0940. The molecule has 0 saturated heterocycles. The summed E-state index contributed by atoms with van der Waals surface area (Å²) in [5, 5.41) is 2.99. The molecule has 3 rings (SSSR count). The molecule has 1 unspecified atom stereocenters. The van der Waals surface area contributed by atoms with Gasteiger partial charge in [0.05, 0.1) is 16.6 Å². The van der Waals surface area contributed by atoms with Crippen LogP contribution in [-0.4, -0.2) is 14.3 Å². The van der Waals surface area contributed by atoms with E-state index in [-0.39, 0.29) is 16.8 Å². The van der Waals surface area contributed by atoms with E-state index >= 15 is 0 Å². The van der Waals surface area contributed by atoms with Crippen LogP contribution in [0.3, 0.4) is 0 Å². The van der Waals surface area contributed by atoms with E-state index in [1.165, 1.54) is 11.1 Å². The Kier molecular flexibility index (Phi) is 6.51. The number of nitrogens with one attached hydrogen (secondary N) is 2. The van der Waals surface area contributed by atoms with Crippen molar-refractivity contribution in [3.8, 4) is 0 Å². The number of hydrogen-bond acceptors (Lipinski definition) is 3. The average Bonchev–Trinajstić information content (AvgIpc) is 2.71. The minimum Gasteiger partial charge on any atom is -0.346 e. The summed E-state index contributed by atoms with van der Waals surface area (Å²) in [6, 6.07) is 17.6. The fourth-order valence-electron chi connectivity index (χ4n) is 3.19. The Balaban J connectivity index is 1.80. The van der Waals surface area contributed by atoms with Gasteiger partial charge in [-0.3, -0.25) is 9.52 Å². The molecule has 3 aromatic carbocycles. The quantitative estimate of drug-likeness (QED) is 0.557. The minimum atomic E-state index is -3.75. The van der Waals surface area contributed by atoms with Gasteiger partial charge in [-0.05, 0) is 81.1 Å². The summed E-state index contributed by atoms with van der Waals surface area (Å²) >= 11 is 0. The summed E-state index contributed by atoms with van der Waals surface area (Å²) in [5.41, 5.74) is 5.87. The zero-order valence-corrected chi connectivity index (χ0v) is 19.3. The Hall–Kier alpha value is -3.12. The maximum atomic E-state index is 12.8. The van der Waals surface area contributed by atoms with Crippen LogP contribution in [0, 0.1) is 27.7 Å². The molecule has 3 aromatic rings. The molecule has 0 bridgehead atoms. The van der Waals surface area contributed by atoms with E-state index in [2.05, 4.69) is 16.1 Å². The highest BCUT2D eigenvalue weighted by Crippen LogP contribution is 2.23. The third kappa shape index (κ3) is 5.33. The first kappa shape index (κ1) is 22.6. The van der Waals surface area contributed by atoms with E-state index in [0.29, 0.717) is 11.3 Å². The highest BCUT2D eigenvalue weighted by atomic mass is 32.2. The van der Waals surface area contributed by atoms with Crippen LogP contribution in [0.5, 0.6) is 0 Å². The molecule has 0 saturated carbocycles. The molecule has 0 aliphatic rings. The highest BCUT2D eigenvalue weighted by Gasteiger charge is 2.18. The van der Waals surface area contributed by atoms with Gasteiger partial charge in [0.15, 0.2) is 0 Å². The second-order valence-corrected chi connectivity index (χ2v) is 9.67. The fourth-order valence-corrected chi connectivity index (χ4v) is 4.31. The molecule has 0 aromatic heterocycles. The number of carbonyl (C=O) groups is 1. The zero-order chi connectivity index (χ0) is 22.8. The standard InChI is InChI=1S/C25H28N2O3S/c1-16-6-12-23(13-7-16)31(29,30)27-24-15-22(11-9-18(24)3)25(28)26-20(5)21-10-8-17(2)19(4)14-21/h6-15,20,27H,1-5H3,(H,26,28). The molecule has 1 atom stereocenters. The normalized spacial score (nSPS) is 12.3. The van der Waals surface area contributed by atoms with Crippen molar-refractivity contribution in [2.24, 2.45) is 0 Å². The fraction of sp³-hybridized carbons (Fsp3) is 0.240. The van der Waals surface area contributed by atoms with Gasteiger partial charge in [-0.15, -0.1) is 0 Å². The van der Waals surface area contributed by atoms with Crippen molar-refractivity contribution in [2.75, 3.05) is 4.72 Å². The molecule has 0 spiro atoms. The summed E-state index contributed by atoms with van der Waals surface area (Å²) < 4.78 is 28.1. The number of aryl methyl sites for hydroxylation is 4. The number of carbonyl (C=O) groups excluding carboxylic acids is 1. The average molecular weight is 437 g/mol. The van der Waals surface area contributed by atoms with E-state index in [4.69, 9.17) is 0 Å². The van der Waals surface area contributed by atoms with Gasteiger partial charge in [0.2, 0.25) is 0 Å². The van der Waals surface area contributed by atoms with Crippen LogP contribution >= 0.6 is 0 Å². The van der Waals surface area contributed by atoms with Crippen LogP contribution in [0.15, 0.2) is 65.6 Å². The minimum absolute atomic E-state index is 0.177. The monoisotopic (exact) mass is 436 g/mol. The van der Waals surface area contributed by atoms with Crippen LogP contribution in [0.4, 0.5) is 5.69 Å². The first-order valence-electron chi connectivity index (χ1n) is 10.1. The van der Waals surface area contributed by atoms with Gasteiger partial charge in [-0.1, -0.05) is 42.0 Å². The SMILES string of the molecule is Cc1ccc(S(=O)(=O)Nc2cc(C(=O)NC(C)c3ccc(C)c(C)c3)ccc2C)cc1. The van der Waals surface area contributed by atoms with Crippen LogP contribution in [0.2, 0.25) is 0 Å². The maximum absolute atomic E-state index is 12.8. The van der Waals surface area contributed by atoms with Crippen molar-refractivity contribution >= 4 is 21.6 Å². The topological polar surface area (TPSA) is 75.3 Å². The second-order valence-electron chi connectivity index (χ2n) is 7.99. The van der Waals surface area contributed by atoms with E-state index in [9.17, 15) is 13.2 Å². The Morgan fingerprint density at radius 2 is 1.45 bits per heavy atom. The molecule has 31 heavy (non-hydrogen) atoms. The van der Waals surface area contributed by atoms with Gasteiger partial charge in [0.25, 0.3) is 15.9 Å². The van der Waals surface area contributed by atoms with Gasteiger partial charge in [-0.2, -0.15) is 0 Å². The number of anilines is 1. The summed E-state index contributed by atoms with van der Waals surface area (Å²) in [7, 11) is -3.75. The summed E-state index contributed by atoms with van der Waals surface area (Å²) in [4.78, 5) is 13.0. The molecule has 5 nitrogen and oxygen atoms in total. The molecular formula is C25H28N2O3S. The molecular weight excluding hydrogens is 408 g/mol. The van der Waals surface area contributed by atoms with Crippen molar-refractivity contribution in [3.05, 3.63) is 94.0 Å². The van der Waals surface area contributed by atoms with E-state index < -0.39 is 10.0 Å². The first-order chi connectivity index (χ1) is 14.6. The smallest absolute Gasteiger partial charge is 0.261 e. The number of rotatable bonds is 6. The molecule has 0 radical (unpaired) electrons. The van der Waals surface area contributed by atoms with Crippen LogP contribution in [-0.2, 0) is 10.0 Å². The van der Waals surface area contributed by atoms with Crippen LogP contribution in [0.25, 0.3) is 0 Å². The number of hydrogen-bond donors (Lipinski definition) is 2. The van der Waals surface area contributed by atoms with Gasteiger partial charge < -0.3 is 5.32 Å². The maximum Gasteiger partial charge on any atom is 0.261 e.